The van der Waals surface area contributed by atoms with E-state index in [1.54, 1.807) is 0 Å². The third-order valence-corrected chi connectivity index (χ3v) is 5.03. The van der Waals surface area contributed by atoms with E-state index in [2.05, 4.69) is 19.0 Å². The lowest BCUT2D eigenvalue weighted by atomic mass is 10.1. The lowest BCUT2D eigenvalue weighted by Gasteiger charge is -2.20. The van der Waals surface area contributed by atoms with Gasteiger partial charge in [0, 0.05) is 18.2 Å². The predicted molar refractivity (Wildman–Crippen MR) is 80.4 cm³/mol. The maximum absolute atomic E-state index is 13.2. The molecule has 0 fully saturated rings. The molecule has 0 spiro atoms. The van der Waals surface area contributed by atoms with Gasteiger partial charge in [-0.1, -0.05) is 17.3 Å². The lowest BCUT2D eigenvalue weighted by Crippen LogP contribution is -2.43. The van der Waals surface area contributed by atoms with Crippen LogP contribution in [-0.4, -0.2) is 37.9 Å². The SMILES string of the molecule is CS(=O)(=NC(=O)c1ccc(Cc2noc(C(F)(F)F)n2)cc1)C(F)(F)C(F)(F)F. The summed E-state index contributed by atoms with van der Waals surface area (Å²) in [6, 6.07) is 4.19. The average Bonchev–Trinajstić information content (AvgIpc) is 3.02. The summed E-state index contributed by atoms with van der Waals surface area (Å²) < 4.78 is 119. The number of benzene rings is 1. The first-order chi connectivity index (χ1) is 13.0. The first kappa shape index (κ1) is 22.7. The Balaban J connectivity index is 2.21. The molecule has 1 aromatic carbocycles. The van der Waals surface area contributed by atoms with Gasteiger partial charge in [-0.3, -0.25) is 4.79 Å². The van der Waals surface area contributed by atoms with Crippen LogP contribution in [0.4, 0.5) is 35.1 Å². The number of nitrogens with zero attached hydrogens (tertiary/aromatic N) is 3. The molecular weight excluding hydrogens is 442 g/mol. The molecule has 1 amide bonds. The van der Waals surface area contributed by atoms with Crippen molar-refractivity contribution < 1.29 is 48.6 Å². The number of halogens is 8. The highest BCUT2D eigenvalue weighted by molar-refractivity contribution is 7.94. The molecule has 2 rings (SSSR count). The Hall–Kier alpha value is -2.58. The number of carbonyl (C=O) groups is 1. The molecule has 1 heterocycles. The minimum absolute atomic E-state index is 0.00123. The highest BCUT2D eigenvalue weighted by atomic mass is 32.2. The quantitative estimate of drug-likeness (QED) is 0.655. The van der Waals surface area contributed by atoms with Crippen LogP contribution >= 0.6 is 0 Å². The monoisotopic (exact) mass is 451 g/mol. The molecule has 29 heavy (non-hydrogen) atoms. The summed E-state index contributed by atoms with van der Waals surface area (Å²) in [7, 11) is -5.31. The summed E-state index contributed by atoms with van der Waals surface area (Å²) in [4.78, 5) is 14.9. The van der Waals surface area contributed by atoms with Crippen molar-refractivity contribution in [2.45, 2.75) is 24.0 Å². The lowest BCUT2D eigenvalue weighted by molar-refractivity contribution is -0.240. The second kappa shape index (κ2) is 7.35. The van der Waals surface area contributed by atoms with Crippen LogP contribution in [-0.2, 0) is 22.3 Å². The van der Waals surface area contributed by atoms with E-state index in [4.69, 9.17) is 0 Å². The van der Waals surface area contributed by atoms with Gasteiger partial charge in [0.15, 0.2) is 5.82 Å². The van der Waals surface area contributed by atoms with Crippen LogP contribution in [0.15, 0.2) is 33.2 Å². The van der Waals surface area contributed by atoms with Crippen molar-refractivity contribution in [1.82, 2.24) is 10.1 Å². The summed E-state index contributed by atoms with van der Waals surface area (Å²) in [5.41, 5.74) is -0.209. The van der Waals surface area contributed by atoms with Crippen LogP contribution in [0.2, 0.25) is 0 Å². The van der Waals surface area contributed by atoms with Crippen molar-refractivity contribution in [3.05, 3.63) is 47.1 Å². The van der Waals surface area contributed by atoms with Crippen molar-refractivity contribution >= 4 is 15.6 Å². The molecule has 0 aliphatic heterocycles. The molecule has 160 valence electrons. The Morgan fingerprint density at radius 3 is 2.07 bits per heavy atom. The zero-order valence-corrected chi connectivity index (χ0v) is 14.8. The molecule has 1 aromatic heterocycles. The van der Waals surface area contributed by atoms with Crippen LogP contribution < -0.4 is 0 Å². The first-order valence-corrected chi connectivity index (χ1v) is 9.16. The fourth-order valence-electron chi connectivity index (χ4n) is 1.87. The zero-order valence-electron chi connectivity index (χ0n) is 14.0. The normalized spacial score (nSPS) is 15.1. The second-order valence-corrected chi connectivity index (χ2v) is 7.90. The predicted octanol–water partition coefficient (Wildman–Crippen LogP) is 4.07. The maximum atomic E-state index is 13.2. The number of amides is 1. The molecule has 0 aliphatic rings. The molecule has 0 saturated carbocycles. The van der Waals surface area contributed by atoms with E-state index in [0.717, 1.165) is 24.3 Å². The second-order valence-electron chi connectivity index (χ2n) is 5.60. The molecule has 6 nitrogen and oxygen atoms in total. The largest absolute Gasteiger partial charge is 0.471 e. The molecule has 0 radical (unpaired) electrons. The van der Waals surface area contributed by atoms with E-state index >= 15 is 0 Å². The Bertz CT molecular complexity index is 1020. The van der Waals surface area contributed by atoms with Gasteiger partial charge in [0.25, 0.3) is 5.91 Å². The van der Waals surface area contributed by atoms with Gasteiger partial charge in [0.05, 0.1) is 0 Å². The highest BCUT2D eigenvalue weighted by Crippen LogP contribution is 2.40. The summed E-state index contributed by atoms with van der Waals surface area (Å²) >= 11 is 0. The van der Waals surface area contributed by atoms with Crippen molar-refractivity contribution in [2.75, 3.05) is 6.26 Å². The number of hydrogen-bond acceptors (Lipinski definition) is 5. The van der Waals surface area contributed by atoms with Gasteiger partial charge < -0.3 is 4.52 Å². The molecule has 0 N–H and O–H groups in total. The Labute approximate surface area is 157 Å². The van der Waals surface area contributed by atoms with E-state index in [1.165, 1.54) is 0 Å². The van der Waals surface area contributed by atoms with Gasteiger partial charge in [-0.25, -0.2) is 4.21 Å². The molecule has 15 heteroatoms. The molecule has 0 aliphatic carbocycles. The van der Waals surface area contributed by atoms with Gasteiger partial charge in [0.1, 0.15) is 9.73 Å². The van der Waals surface area contributed by atoms with Gasteiger partial charge >= 0.3 is 23.5 Å². The van der Waals surface area contributed by atoms with E-state index in [9.17, 15) is 44.1 Å². The van der Waals surface area contributed by atoms with Crippen LogP contribution in [0.25, 0.3) is 0 Å². The Morgan fingerprint density at radius 2 is 1.62 bits per heavy atom. The molecule has 0 bridgehead atoms. The fraction of sp³-hybridized carbons (Fsp3) is 0.357. The summed E-state index contributed by atoms with van der Waals surface area (Å²) in [5, 5.41) is -2.60. The van der Waals surface area contributed by atoms with Gasteiger partial charge in [-0.2, -0.15) is 44.5 Å². The molecular formula is C14H9F8N3O3S. The topological polar surface area (TPSA) is 85.4 Å². The fourth-order valence-corrected chi connectivity index (χ4v) is 2.84. The number of rotatable bonds is 4. The zero-order chi connectivity index (χ0) is 22.3. The van der Waals surface area contributed by atoms with Gasteiger partial charge in [-0.15, -0.1) is 0 Å². The summed E-state index contributed by atoms with van der Waals surface area (Å²) in [6.07, 6.45) is -11.3. The number of carbonyl (C=O) groups excluding carboxylic acids is 1. The first-order valence-electron chi connectivity index (χ1n) is 7.24. The van der Waals surface area contributed by atoms with Crippen LogP contribution in [0.1, 0.15) is 27.6 Å². The van der Waals surface area contributed by atoms with Crippen molar-refractivity contribution in [3.8, 4) is 0 Å². The summed E-state index contributed by atoms with van der Waals surface area (Å²) in [5.74, 6) is -3.50. The van der Waals surface area contributed by atoms with E-state index < -0.39 is 44.7 Å². The third kappa shape index (κ3) is 4.89. The van der Waals surface area contributed by atoms with Crippen LogP contribution in [0.5, 0.6) is 0 Å². The maximum Gasteiger partial charge on any atom is 0.471 e. The molecule has 2 aromatic rings. The average molecular weight is 451 g/mol. The minimum atomic E-state index is -6.17. The van der Waals surface area contributed by atoms with Crippen molar-refractivity contribution in [1.29, 1.82) is 0 Å². The van der Waals surface area contributed by atoms with E-state index in [0.29, 0.717) is 0 Å². The smallest absolute Gasteiger partial charge is 0.329 e. The van der Waals surface area contributed by atoms with Gasteiger partial charge in [0.2, 0.25) is 0 Å². The summed E-state index contributed by atoms with van der Waals surface area (Å²) in [6.45, 7) is 0. The molecule has 0 saturated heterocycles. The molecule has 1 unspecified atom stereocenters. The molecule has 1 atom stereocenters. The van der Waals surface area contributed by atoms with Crippen LogP contribution in [0, 0.1) is 0 Å². The minimum Gasteiger partial charge on any atom is -0.329 e. The standard InChI is InChI=1S/C14H9F8N3O3S/c1-29(27,14(21,22)13(18,19)20)25-10(26)8-4-2-7(3-5-8)6-9-23-11(28-24-9)12(15,16)17/h2-5H,6H2,1H3. The van der Waals surface area contributed by atoms with Gasteiger partial charge in [-0.05, 0) is 17.7 Å². The highest BCUT2D eigenvalue weighted by Gasteiger charge is 2.64. The van der Waals surface area contributed by atoms with Crippen LogP contribution in [0.3, 0.4) is 0 Å². The Kier molecular flexibility index (Phi) is 5.75. The number of alkyl halides is 8. The van der Waals surface area contributed by atoms with Crippen molar-refractivity contribution in [3.63, 3.8) is 0 Å². The van der Waals surface area contributed by atoms with E-state index in [-0.39, 0.29) is 24.1 Å². The Morgan fingerprint density at radius 1 is 1.07 bits per heavy atom. The van der Waals surface area contributed by atoms with E-state index in [1.807, 2.05) is 0 Å². The number of aromatic nitrogens is 2. The third-order valence-electron chi connectivity index (χ3n) is 3.34. The number of hydrogen-bond donors (Lipinski definition) is 0. The van der Waals surface area contributed by atoms with Crippen molar-refractivity contribution in [2.24, 2.45) is 4.36 Å².